The minimum Gasteiger partial charge on any atom is -0.369 e. The molecule has 2 heterocycles. The number of aromatic nitrogens is 2. The van der Waals surface area contributed by atoms with Gasteiger partial charge in [-0.25, -0.2) is 4.99 Å². The van der Waals surface area contributed by atoms with Crippen LogP contribution in [-0.4, -0.2) is 41.8 Å². The van der Waals surface area contributed by atoms with E-state index in [1.807, 2.05) is 25.1 Å². The van der Waals surface area contributed by atoms with Gasteiger partial charge >= 0.3 is 0 Å². The zero-order chi connectivity index (χ0) is 17.6. The molecule has 1 aromatic carbocycles. The third-order valence-corrected chi connectivity index (χ3v) is 4.23. The highest BCUT2D eigenvalue weighted by Gasteiger charge is 2.23. The Kier molecular flexibility index (Phi) is 5.75. The number of anilines is 1. The van der Waals surface area contributed by atoms with Crippen LogP contribution in [0.15, 0.2) is 33.8 Å². The van der Waals surface area contributed by atoms with E-state index < -0.39 is 0 Å². The number of aliphatic imine (C=N–C) groups is 1. The molecule has 0 saturated carbocycles. The van der Waals surface area contributed by atoms with Gasteiger partial charge in [0.1, 0.15) is 6.54 Å². The Bertz CT molecular complexity index is 731. The highest BCUT2D eigenvalue weighted by Crippen LogP contribution is 2.23. The van der Waals surface area contributed by atoms with Crippen LogP contribution in [0, 0.1) is 6.92 Å². The maximum absolute atomic E-state index is 6.10. The van der Waals surface area contributed by atoms with Gasteiger partial charge in [0, 0.05) is 43.3 Å². The summed E-state index contributed by atoms with van der Waals surface area (Å²) in [5.41, 5.74) is 1.15. The van der Waals surface area contributed by atoms with Crippen molar-refractivity contribution in [3.8, 4) is 0 Å². The molecule has 1 aromatic heterocycles. The third kappa shape index (κ3) is 4.85. The number of guanidine groups is 1. The van der Waals surface area contributed by atoms with Crippen LogP contribution in [0.25, 0.3) is 0 Å². The molecule has 134 valence electrons. The summed E-state index contributed by atoms with van der Waals surface area (Å²) < 4.78 is 4.97. The fourth-order valence-corrected chi connectivity index (χ4v) is 3.04. The Morgan fingerprint density at radius 2 is 2.36 bits per heavy atom. The molecule has 2 aromatic rings. The Hall–Kier alpha value is -2.28. The van der Waals surface area contributed by atoms with Gasteiger partial charge in [-0.1, -0.05) is 22.8 Å². The van der Waals surface area contributed by atoms with E-state index in [4.69, 9.17) is 16.1 Å². The van der Waals surface area contributed by atoms with Crippen LogP contribution in [0.2, 0.25) is 5.02 Å². The first-order chi connectivity index (χ1) is 12.1. The van der Waals surface area contributed by atoms with Crippen molar-refractivity contribution in [1.82, 2.24) is 20.8 Å². The first kappa shape index (κ1) is 17.5. The Balaban J connectivity index is 1.59. The van der Waals surface area contributed by atoms with Gasteiger partial charge < -0.3 is 20.1 Å². The lowest BCUT2D eigenvalue weighted by Crippen LogP contribution is -2.44. The molecule has 0 amide bonds. The van der Waals surface area contributed by atoms with Crippen LogP contribution in [0.4, 0.5) is 5.69 Å². The lowest BCUT2D eigenvalue weighted by atomic mass is 10.3. The number of hydrogen-bond acceptors (Lipinski definition) is 5. The highest BCUT2D eigenvalue weighted by atomic mass is 35.5. The van der Waals surface area contributed by atoms with Gasteiger partial charge in [0.2, 0.25) is 5.89 Å². The van der Waals surface area contributed by atoms with Gasteiger partial charge in [-0.3, -0.25) is 0 Å². The second-order valence-corrected chi connectivity index (χ2v) is 6.42. The van der Waals surface area contributed by atoms with Gasteiger partial charge in [0.25, 0.3) is 0 Å². The van der Waals surface area contributed by atoms with Crippen LogP contribution in [-0.2, 0) is 6.54 Å². The second kappa shape index (κ2) is 8.20. The molecular formula is C17H23ClN6O. The van der Waals surface area contributed by atoms with E-state index in [1.54, 1.807) is 6.92 Å². The van der Waals surface area contributed by atoms with E-state index in [1.165, 1.54) is 0 Å². The number of hydrogen-bond donors (Lipinski definition) is 2. The average Bonchev–Trinajstić information content (AvgIpc) is 3.22. The number of benzene rings is 1. The number of halogens is 1. The van der Waals surface area contributed by atoms with Gasteiger partial charge in [0.05, 0.1) is 0 Å². The lowest BCUT2D eigenvalue weighted by Gasteiger charge is -2.20. The average molecular weight is 363 g/mol. The maximum Gasteiger partial charge on any atom is 0.223 e. The predicted octanol–water partition coefficient (Wildman–Crippen LogP) is 2.37. The quantitative estimate of drug-likeness (QED) is 0.628. The van der Waals surface area contributed by atoms with E-state index in [9.17, 15) is 0 Å². The molecule has 1 fully saturated rings. The van der Waals surface area contributed by atoms with Crippen molar-refractivity contribution in [3.63, 3.8) is 0 Å². The number of nitrogens with zero attached hydrogens (tertiary/aromatic N) is 4. The minimum absolute atomic E-state index is 0.323. The molecule has 7 nitrogen and oxygen atoms in total. The largest absolute Gasteiger partial charge is 0.369 e. The molecule has 2 N–H and O–H groups in total. The number of nitrogens with one attached hydrogen (secondary N) is 2. The van der Waals surface area contributed by atoms with Crippen molar-refractivity contribution in [3.05, 3.63) is 41.0 Å². The SMILES string of the molecule is CCNC(=NCc1noc(C)n1)NC1CCN(c2cccc(Cl)c2)C1. The summed E-state index contributed by atoms with van der Waals surface area (Å²) in [5, 5.41) is 11.4. The lowest BCUT2D eigenvalue weighted by molar-refractivity contribution is 0.387. The zero-order valence-electron chi connectivity index (χ0n) is 14.5. The predicted molar refractivity (Wildman–Crippen MR) is 99.1 cm³/mol. The molecule has 25 heavy (non-hydrogen) atoms. The van der Waals surface area contributed by atoms with Crippen LogP contribution in [0.5, 0.6) is 0 Å². The summed E-state index contributed by atoms with van der Waals surface area (Å²) in [5.74, 6) is 1.90. The summed E-state index contributed by atoms with van der Waals surface area (Å²) in [6.07, 6.45) is 1.04. The molecule has 0 radical (unpaired) electrons. The second-order valence-electron chi connectivity index (χ2n) is 5.98. The molecule has 1 aliphatic heterocycles. The first-order valence-corrected chi connectivity index (χ1v) is 8.86. The maximum atomic E-state index is 6.10. The van der Waals surface area contributed by atoms with Gasteiger partial charge in [-0.2, -0.15) is 4.98 Å². The Morgan fingerprint density at radius 1 is 1.48 bits per heavy atom. The molecule has 3 rings (SSSR count). The molecular weight excluding hydrogens is 340 g/mol. The van der Waals surface area contributed by atoms with Crippen molar-refractivity contribution >= 4 is 23.2 Å². The summed E-state index contributed by atoms with van der Waals surface area (Å²) in [6.45, 7) is 6.89. The van der Waals surface area contributed by atoms with Crippen LogP contribution < -0.4 is 15.5 Å². The fourth-order valence-electron chi connectivity index (χ4n) is 2.85. The molecule has 1 aliphatic rings. The third-order valence-electron chi connectivity index (χ3n) is 3.99. The topological polar surface area (TPSA) is 78.6 Å². The Morgan fingerprint density at radius 3 is 3.08 bits per heavy atom. The molecule has 1 saturated heterocycles. The number of aryl methyl sites for hydroxylation is 1. The van der Waals surface area contributed by atoms with Crippen molar-refractivity contribution in [2.24, 2.45) is 4.99 Å². The first-order valence-electron chi connectivity index (χ1n) is 8.48. The summed E-state index contributed by atoms with van der Waals surface area (Å²) in [4.78, 5) is 11.0. The van der Waals surface area contributed by atoms with Crippen LogP contribution >= 0.6 is 11.6 Å². The van der Waals surface area contributed by atoms with E-state index in [2.05, 4.69) is 36.7 Å². The molecule has 1 unspecified atom stereocenters. The van der Waals surface area contributed by atoms with Crippen molar-refractivity contribution in [1.29, 1.82) is 0 Å². The van der Waals surface area contributed by atoms with Crippen molar-refractivity contribution in [2.75, 3.05) is 24.5 Å². The van der Waals surface area contributed by atoms with E-state index in [0.29, 0.717) is 24.3 Å². The number of rotatable bonds is 5. The summed E-state index contributed by atoms with van der Waals surface area (Å²) in [7, 11) is 0. The van der Waals surface area contributed by atoms with Crippen LogP contribution in [0.3, 0.4) is 0 Å². The summed E-state index contributed by atoms with van der Waals surface area (Å²) in [6, 6.07) is 8.29. The Labute approximate surface area is 152 Å². The highest BCUT2D eigenvalue weighted by molar-refractivity contribution is 6.30. The molecule has 0 spiro atoms. The van der Waals surface area contributed by atoms with E-state index in [0.717, 1.165) is 42.7 Å². The normalized spacial score (nSPS) is 17.8. The standard InChI is InChI=1S/C17H23ClN6O/c1-3-19-17(20-10-16-21-12(2)25-23-16)22-14-7-8-24(11-14)15-6-4-5-13(18)9-15/h4-6,9,14H,3,7-8,10-11H2,1-2H3,(H2,19,20,22). The van der Waals surface area contributed by atoms with Crippen molar-refractivity contribution in [2.45, 2.75) is 32.9 Å². The van der Waals surface area contributed by atoms with Crippen molar-refractivity contribution < 1.29 is 4.52 Å². The molecule has 8 heteroatoms. The summed E-state index contributed by atoms with van der Waals surface area (Å²) >= 11 is 6.10. The molecule has 1 atom stereocenters. The molecule has 0 bridgehead atoms. The molecule has 0 aliphatic carbocycles. The van der Waals surface area contributed by atoms with Gasteiger partial charge in [-0.05, 0) is 31.5 Å². The zero-order valence-corrected chi connectivity index (χ0v) is 15.3. The van der Waals surface area contributed by atoms with Gasteiger partial charge in [0.15, 0.2) is 11.8 Å². The smallest absolute Gasteiger partial charge is 0.223 e. The van der Waals surface area contributed by atoms with Crippen LogP contribution in [0.1, 0.15) is 25.1 Å². The van der Waals surface area contributed by atoms with E-state index >= 15 is 0 Å². The van der Waals surface area contributed by atoms with Gasteiger partial charge in [-0.15, -0.1) is 0 Å². The van der Waals surface area contributed by atoms with E-state index in [-0.39, 0.29) is 0 Å². The monoisotopic (exact) mass is 362 g/mol. The minimum atomic E-state index is 0.323. The fraction of sp³-hybridized carbons (Fsp3) is 0.471.